The number of rotatable bonds is 5. The molecule has 0 saturated carbocycles. The molecule has 0 spiro atoms. The number of fused-ring (bicyclic) bond motifs is 1. The topological polar surface area (TPSA) is 136 Å². The third kappa shape index (κ3) is 2.96. The van der Waals surface area contributed by atoms with E-state index in [2.05, 4.69) is 4.98 Å². The Bertz CT molecular complexity index is 1090. The largest absolute Gasteiger partial charge is 0.369 e. The highest BCUT2D eigenvalue weighted by Crippen LogP contribution is 2.34. The molecule has 0 atom stereocenters. The van der Waals surface area contributed by atoms with E-state index in [1.54, 1.807) is 18.2 Å². The van der Waals surface area contributed by atoms with E-state index < -0.39 is 20.7 Å². The number of non-ortho nitro benzene ring substituents is 1. The molecule has 2 aromatic carbocycles. The van der Waals surface area contributed by atoms with Crippen LogP contribution in [-0.4, -0.2) is 24.2 Å². The fraction of sp³-hybridized carbons (Fsp3) is 0.0625. The Balaban J connectivity index is 2.35. The minimum absolute atomic E-state index is 0.0214. The van der Waals surface area contributed by atoms with Gasteiger partial charge in [-0.25, -0.2) is 8.42 Å². The lowest BCUT2D eigenvalue weighted by Gasteiger charge is -2.06. The maximum Gasteiger partial charge on any atom is 0.270 e. The fourth-order valence-corrected chi connectivity index (χ4v) is 4.30. The molecule has 0 aliphatic carbocycles. The Morgan fingerprint density at radius 3 is 2.44 bits per heavy atom. The maximum atomic E-state index is 13.1. The Hall–Kier alpha value is -3.20. The summed E-state index contributed by atoms with van der Waals surface area (Å²) in [7, 11) is -4.00. The molecule has 0 bridgehead atoms. The third-order valence-corrected chi connectivity index (χ3v) is 5.59. The summed E-state index contributed by atoms with van der Waals surface area (Å²) in [5.41, 5.74) is 5.44. The van der Waals surface area contributed by atoms with Crippen molar-refractivity contribution in [1.29, 1.82) is 0 Å². The second-order valence-corrected chi connectivity index (χ2v) is 7.27. The van der Waals surface area contributed by atoms with Gasteiger partial charge in [-0.2, -0.15) is 0 Å². The Kier molecular flexibility index (Phi) is 4.01. The summed E-state index contributed by atoms with van der Waals surface area (Å²) in [5.74, 6) is -0.717. The summed E-state index contributed by atoms with van der Waals surface area (Å²) in [5, 5.41) is 11.2. The van der Waals surface area contributed by atoms with Crippen molar-refractivity contribution in [3.8, 4) is 0 Å². The highest BCUT2D eigenvalue weighted by molar-refractivity contribution is 7.91. The molecule has 3 aromatic rings. The highest BCUT2D eigenvalue weighted by atomic mass is 32.2. The van der Waals surface area contributed by atoms with E-state index in [0.717, 1.165) is 0 Å². The van der Waals surface area contributed by atoms with Crippen molar-refractivity contribution in [2.75, 3.05) is 0 Å². The fourth-order valence-electron chi connectivity index (χ4n) is 2.65. The van der Waals surface area contributed by atoms with Crippen LogP contribution in [0.25, 0.3) is 10.9 Å². The van der Waals surface area contributed by atoms with Gasteiger partial charge in [-0.05, 0) is 18.2 Å². The molecule has 3 N–H and O–H groups in total. The number of amides is 1. The minimum Gasteiger partial charge on any atom is -0.369 e. The number of hydrogen-bond donors (Lipinski definition) is 2. The van der Waals surface area contributed by atoms with E-state index in [1.807, 2.05) is 0 Å². The zero-order valence-corrected chi connectivity index (χ0v) is 13.6. The first-order valence-electron chi connectivity index (χ1n) is 7.18. The van der Waals surface area contributed by atoms with Gasteiger partial charge in [0.25, 0.3) is 5.69 Å². The molecule has 8 nitrogen and oxygen atoms in total. The van der Waals surface area contributed by atoms with Crippen LogP contribution in [0, 0.1) is 10.1 Å². The van der Waals surface area contributed by atoms with Crippen LogP contribution in [-0.2, 0) is 21.1 Å². The standard InChI is InChI=1S/C16H13N3O5S/c17-15(20)9-14-16(25(23,24)11-4-2-1-3-5-11)12-8-10(19(21)22)6-7-13(12)18-14/h1-8,18H,9H2,(H2,17,20). The number of nitrogens with two attached hydrogens (primary N) is 1. The van der Waals surface area contributed by atoms with Gasteiger partial charge in [-0.3, -0.25) is 14.9 Å². The number of nitrogens with zero attached hydrogens (tertiary/aromatic N) is 1. The second kappa shape index (κ2) is 6.02. The smallest absolute Gasteiger partial charge is 0.270 e. The minimum atomic E-state index is -4.00. The predicted octanol–water partition coefficient (Wildman–Crippen LogP) is 1.94. The number of aromatic amines is 1. The molecule has 0 unspecified atom stereocenters. The SMILES string of the molecule is NC(=O)Cc1[nH]c2ccc([N+](=O)[O-])cc2c1S(=O)(=O)c1ccccc1. The maximum absolute atomic E-state index is 13.1. The van der Waals surface area contributed by atoms with Gasteiger partial charge in [0.1, 0.15) is 4.90 Å². The highest BCUT2D eigenvalue weighted by Gasteiger charge is 2.28. The molecule has 3 rings (SSSR count). The number of benzene rings is 2. The van der Waals surface area contributed by atoms with Crippen LogP contribution in [0.4, 0.5) is 5.69 Å². The van der Waals surface area contributed by atoms with Crippen LogP contribution in [0.2, 0.25) is 0 Å². The number of nitrogens with one attached hydrogen (secondary N) is 1. The monoisotopic (exact) mass is 359 g/mol. The van der Waals surface area contributed by atoms with E-state index >= 15 is 0 Å². The van der Waals surface area contributed by atoms with Crippen LogP contribution in [0.15, 0.2) is 58.3 Å². The quantitative estimate of drug-likeness (QED) is 0.530. The van der Waals surface area contributed by atoms with Crippen molar-refractivity contribution in [2.24, 2.45) is 5.73 Å². The Labute approximate surface area is 142 Å². The first-order chi connectivity index (χ1) is 11.8. The first-order valence-corrected chi connectivity index (χ1v) is 8.66. The van der Waals surface area contributed by atoms with Gasteiger partial charge in [0.15, 0.2) is 0 Å². The Morgan fingerprint density at radius 2 is 1.84 bits per heavy atom. The number of carbonyl (C=O) groups is 1. The number of aromatic nitrogens is 1. The zero-order chi connectivity index (χ0) is 18.2. The molecule has 25 heavy (non-hydrogen) atoms. The lowest BCUT2D eigenvalue weighted by atomic mass is 10.2. The zero-order valence-electron chi connectivity index (χ0n) is 12.8. The van der Waals surface area contributed by atoms with E-state index in [1.165, 1.54) is 30.3 Å². The molecule has 0 aliphatic heterocycles. The van der Waals surface area contributed by atoms with Gasteiger partial charge in [-0.1, -0.05) is 18.2 Å². The number of hydrogen-bond acceptors (Lipinski definition) is 5. The van der Waals surface area contributed by atoms with Gasteiger partial charge >= 0.3 is 0 Å². The predicted molar refractivity (Wildman–Crippen MR) is 89.7 cm³/mol. The first kappa shape index (κ1) is 16.7. The number of primary amides is 1. The number of nitro groups is 1. The van der Waals surface area contributed by atoms with Crippen molar-refractivity contribution < 1.29 is 18.1 Å². The molecule has 1 heterocycles. The molecule has 128 valence electrons. The van der Waals surface area contributed by atoms with Gasteiger partial charge in [0.2, 0.25) is 15.7 Å². The number of H-pyrrole nitrogens is 1. The van der Waals surface area contributed by atoms with E-state index in [9.17, 15) is 23.3 Å². The molecular formula is C16H13N3O5S. The van der Waals surface area contributed by atoms with Crippen molar-refractivity contribution >= 4 is 32.3 Å². The van der Waals surface area contributed by atoms with Gasteiger partial charge in [0.05, 0.1) is 16.2 Å². The molecule has 0 radical (unpaired) electrons. The average Bonchev–Trinajstić information content (AvgIpc) is 2.92. The van der Waals surface area contributed by atoms with Gasteiger partial charge < -0.3 is 10.7 Å². The van der Waals surface area contributed by atoms with Crippen LogP contribution >= 0.6 is 0 Å². The molecule has 0 fully saturated rings. The molecule has 9 heteroatoms. The van der Waals surface area contributed by atoms with Crippen molar-refractivity contribution in [1.82, 2.24) is 4.98 Å². The summed E-state index contributed by atoms with van der Waals surface area (Å²) >= 11 is 0. The van der Waals surface area contributed by atoms with E-state index in [4.69, 9.17) is 5.73 Å². The van der Waals surface area contributed by atoms with Crippen LogP contribution in [0.1, 0.15) is 5.69 Å². The summed E-state index contributed by atoms with van der Waals surface area (Å²) in [6, 6.07) is 11.5. The number of carbonyl (C=O) groups excluding carboxylic acids is 1. The molecule has 0 aliphatic rings. The number of nitro benzene ring substituents is 1. The van der Waals surface area contributed by atoms with Crippen LogP contribution in [0.5, 0.6) is 0 Å². The lowest BCUT2D eigenvalue weighted by Crippen LogP contribution is -2.16. The Morgan fingerprint density at radius 1 is 1.16 bits per heavy atom. The molecular weight excluding hydrogens is 346 g/mol. The third-order valence-electron chi connectivity index (χ3n) is 3.69. The van der Waals surface area contributed by atoms with Crippen LogP contribution < -0.4 is 5.73 Å². The second-order valence-electron chi connectivity index (χ2n) is 5.38. The average molecular weight is 359 g/mol. The van der Waals surface area contributed by atoms with Gasteiger partial charge in [0, 0.05) is 28.7 Å². The van der Waals surface area contributed by atoms with Gasteiger partial charge in [-0.15, -0.1) is 0 Å². The van der Waals surface area contributed by atoms with E-state index in [0.29, 0.717) is 5.52 Å². The van der Waals surface area contributed by atoms with Crippen molar-refractivity contribution in [2.45, 2.75) is 16.2 Å². The van der Waals surface area contributed by atoms with Crippen molar-refractivity contribution in [3.63, 3.8) is 0 Å². The summed E-state index contributed by atoms with van der Waals surface area (Å²) < 4.78 is 26.1. The molecule has 1 aromatic heterocycles. The number of sulfone groups is 1. The summed E-state index contributed by atoms with van der Waals surface area (Å²) in [6.07, 6.45) is -0.329. The summed E-state index contributed by atoms with van der Waals surface area (Å²) in [4.78, 5) is 24.4. The molecule has 0 saturated heterocycles. The molecule has 1 amide bonds. The van der Waals surface area contributed by atoms with E-state index in [-0.39, 0.29) is 33.0 Å². The lowest BCUT2D eigenvalue weighted by molar-refractivity contribution is -0.384. The van der Waals surface area contributed by atoms with Crippen molar-refractivity contribution in [3.05, 3.63) is 64.3 Å². The van der Waals surface area contributed by atoms with Crippen LogP contribution in [0.3, 0.4) is 0 Å². The normalized spacial score (nSPS) is 11.5. The summed E-state index contributed by atoms with van der Waals surface area (Å²) in [6.45, 7) is 0.